The lowest BCUT2D eigenvalue weighted by atomic mass is 9.71. The van der Waals surface area contributed by atoms with Crippen LogP contribution in [0.1, 0.15) is 46.0 Å². The molecule has 0 heterocycles. The molecule has 1 aliphatic rings. The van der Waals surface area contributed by atoms with E-state index in [2.05, 4.69) is 4.74 Å². The second-order valence-corrected chi connectivity index (χ2v) is 4.46. The fourth-order valence-corrected chi connectivity index (χ4v) is 2.56. The SMILES string of the molecule is CCOC(=O)C(F)C1(O)CCCCC1CC. The third-order valence-corrected chi connectivity index (χ3v) is 3.51. The quantitative estimate of drug-likeness (QED) is 0.756. The average molecular weight is 232 g/mol. The molecule has 0 bridgehead atoms. The number of ether oxygens (including phenoxy) is 1. The van der Waals surface area contributed by atoms with Crippen LogP contribution in [0, 0.1) is 5.92 Å². The molecule has 1 saturated carbocycles. The Labute approximate surface area is 96.0 Å². The van der Waals surface area contributed by atoms with Gasteiger partial charge in [-0.3, -0.25) is 0 Å². The Bertz CT molecular complexity index is 244. The number of hydrogen-bond donors (Lipinski definition) is 1. The maximum Gasteiger partial charge on any atom is 0.343 e. The van der Waals surface area contributed by atoms with Gasteiger partial charge in [0.15, 0.2) is 0 Å². The summed E-state index contributed by atoms with van der Waals surface area (Å²) in [5.74, 6) is -1.06. The molecule has 0 radical (unpaired) electrons. The largest absolute Gasteiger partial charge is 0.464 e. The second kappa shape index (κ2) is 5.62. The van der Waals surface area contributed by atoms with Crippen LogP contribution in [0.2, 0.25) is 0 Å². The summed E-state index contributed by atoms with van der Waals surface area (Å²) in [5.41, 5.74) is -1.51. The van der Waals surface area contributed by atoms with E-state index in [1.807, 2.05) is 6.92 Å². The van der Waals surface area contributed by atoms with E-state index in [1.54, 1.807) is 6.92 Å². The van der Waals surface area contributed by atoms with Crippen LogP contribution in [-0.4, -0.2) is 29.5 Å². The summed E-state index contributed by atoms with van der Waals surface area (Å²) < 4.78 is 18.6. The van der Waals surface area contributed by atoms with Crippen molar-refractivity contribution in [1.29, 1.82) is 0 Å². The number of aliphatic hydroxyl groups is 1. The topological polar surface area (TPSA) is 46.5 Å². The van der Waals surface area contributed by atoms with Gasteiger partial charge in [0.1, 0.15) is 5.60 Å². The number of esters is 1. The molecule has 1 N–H and O–H groups in total. The van der Waals surface area contributed by atoms with Crippen LogP contribution in [0.4, 0.5) is 4.39 Å². The molecule has 0 spiro atoms. The van der Waals surface area contributed by atoms with Gasteiger partial charge in [0, 0.05) is 0 Å². The number of carbonyl (C=O) groups is 1. The smallest absolute Gasteiger partial charge is 0.343 e. The lowest BCUT2D eigenvalue weighted by Gasteiger charge is -2.40. The summed E-state index contributed by atoms with van der Waals surface area (Å²) in [5, 5.41) is 10.3. The highest BCUT2D eigenvalue weighted by Gasteiger charge is 2.49. The average Bonchev–Trinajstić information content (AvgIpc) is 2.29. The van der Waals surface area contributed by atoms with Crippen molar-refractivity contribution in [3.8, 4) is 0 Å². The summed E-state index contributed by atoms with van der Waals surface area (Å²) in [7, 11) is 0. The molecule has 0 aromatic rings. The summed E-state index contributed by atoms with van der Waals surface area (Å²) in [4.78, 5) is 11.4. The minimum atomic E-state index is -1.90. The van der Waals surface area contributed by atoms with E-state index in [4.69, 9.17) is 0 Å². The summed E-state index contributed by atoms with van der Waals surface area (Å²) in [6, 6.07) is 0. The van der Waals surface area contributed by atoms with Gasteiger partial charge in [0.2, 0.25) is 6.17 Å². The minimum Gasteiger partial charge on any atom is -0.464 e. The molecule has 4 heteroatoms. The first kappa shape index (κ1) is 13.4. The molecule has 16 heavy (non-hydrogen) atoms. The van der Waals surface area contributed by atoms with Crippen LogP contribution < -0.4 is 0 Å². The van der Waals surface area contributed by atoms with E-state index in [-0.39, 0.29) is 12.5 Å². The van der Waals surface area contributed by atoms with Crippen LogP contribution in [0.3, 0.4) is 0 Å². The van der Waals surface area contributed by atoms with Crippen molar-refractivity contribution in [2.24, 2.45) is 5.92 Å². The van der Waals surface area contributed by atoms with Gasteiger partial charge in [0.05, 0.1) is 6.61 Å². The Morgan fingerprint density at radius 2 is 2.25 bits per heavy atom. The van der Waals surface area contributed by atoms with E-state index in [0.717, 1.165) is 19.3 Å². The molecule has 3 nitrogen and oxygen atoms in total. The van der Waals surface area contributed by atoms with Gasteiger partial charge in [-0.25, -0.2) is 9.18 Å². The first-order valence-corrected chi connectivity index (χ1v) is 6.09. The van der Waals surface area contributed by atoms with E-state index in [1.165, 1.54) is 0 Å². The van der Waals surface area contributed by atoms with E-state index >= 15 is 0 Å². The van der Waals surface area contributed by atoms with Crippen LogP contribution in [0.15, 0.2) is 0 Å². The first-order valence-electron chi connectivity index (χ1n) is 6.09. The van der Waals surface area contributed by atoms with Gasteiger partial charge in [-0.2, -0.15) is 0 Å². The standard InChI is InChI=1S/C12H21FO3/c1-3-9-7-5-6-8-12(9,15)10(13)11(14)16-4-2/h9-10,15H,3-8H2,1-2H3. The monoisotopic (exact) mass is 232 g/mol. The van der Waals surface area contributed by atoms with Gasteiger partial charge in [-0.1, -0.05) is 26.2 Å². The molecule has 0 aromatic heterocycles. The maximum absolute atomic E-state index is 14.0. The van der Waals surface area contributed by atoms with Crippen molar-refractivity contribution >= 4 is 5.97 Å². The fourth-order valence-electron chi connectivity index (χ4n) is 2.56. The second-order valence-electron chi connectivity index (χ2n) is 4.46. The Morgan fingerprint density at radius 1 is 1.56 bits per heavy atom. The first-order chi connectivity index (χ1) is 7.56. The van der Waals surface area contributed by atoms with Crippen molar-refractivity contribution in [3.63, 3.8) is 0 Å². The lowest BCUT2D eigenvalue weighted by Crippen LogP contribution is -2.52. The lowest BCUT2D eigenvalue weighted by molar-refractivity contribution is -0.170. The molecule has 0 aliphatic heterocycles. The van der Waals surface area contributed by atoms with Crippen LogP contribution in [0.5, 0.6) is 0 Å². The maximum atomic E-state index is 14.0. The zero-order valence-corrected chi connectivity index (χ0v) is 10.0. The number of halogens is 1. The fraction of sp³-hybridized carbons (Fsp3) is 0.917. The molecule has 3 unspecified atom stereocenters. The van der Waals surface area contributed by atoms with Crippen LogP contribution >= 0.6 is 0 Å². The summed E-state index contributed by atoms with van der Waals surface area (Å²) in [6.07, 6.45) is 1.69. The molecular formula is C12H21FO3. The van der Waals surface area contributed by atoms with Crippen LogP contribution in [0.25, 0.3) is 0 Å². The predicted molar refractivity (Wildman–Crippen MR) is 58.7 cm³/mol. The molecular weight excluding hydrogens is 211 g/mol. The zero-order valence-electron chi connectivity index (χ0n) is 10.0. The normalized spacial score (nSPS) is 32.1. The van der Waals surface area contributed by atoms with Crippen molar-refractivity contribution in [2.75, 3.05) is 6.61 Å². The van der Waals surface area contributed by atoms with Gasteiger partial charge in [0.25, 0.3) is 0 Å². The van der Waals surface area contributed by atoms with Crippen molar-refractivity contribution in [2.45, 2.75) is 57.7 Å². The number of rotatable bonds is 4. The Balaban J connectivity index is 2.75. The molecule has 0 aromatic carbocycles. The predicted octanol–water partition coefficient (Wildman–Crippen LogP) is 2.22. The van der Waals surface area contributed by atoms with Gasteiger partial charge < -0.3 is 9.84 Å². The Morgan fingerprint density at radius 3 is 2.81 bits per heavy atom. The minimum absolute atomic E-state index is 0.138. The van der Waals surface area contributed by atoms with Crippen molar-refractivity contribution in [3.05, 3.63) is 0 Å². The number of carbonyl (C=O) groups excluding carboxylic acids is 1. The van der Waals surface area contributed by atoms with Gasteiger partial charge >= 0.3 is 5.97 Å². The van der Waals surface area contributed by atoms with Crippen molar-refractivity contribution < 1.29 is 19.0 Å². The number of alkyl halides is 1. The summed E-state index contributed by atoms with van der Waals surface area (Å²) in [6.45, 7) is 3.69. The van der Waals surface area contributed by atoms with Gasteiger partial charge in [-0.15, -0.1) is 0 Å². The van der Waals surface area contributed by atoms with E-state index in [0.29, 0.717) is 12.8 Å². The zero-order chi connectivity index (χ0) is 12.2. The molecule has 1 aliphatic carbocycles. The third kappa shape index (κ3) is 2.54. The highest BCUT2D eigenvalue weighted by molar-refractivity contribution is 5.76. The number of hydrogen-bond acceptors (Lipinski definition) is 3. The Hall–Kier alpha value is -0.640. The molecule has 3 atom stereocenters. The highest BCUT2D eigenvalue weighted by Crippen LogP contribution is 2.39. The van der Waals surface area contributed by atoms with E-state index < -0.39 is 17.7 Å². The van der Waals surface area contributed by atoms with E-state index in [9.17, 15) is 14.3 Å². The molecule has 1 rings (SSSR count). The van der Waals surface area contributed by atoms with Gasteiger partial charge in [-0.05, 0) is 25.7 Å². The molecule has 0 saturated heterocycles. The van der Waals surface area contributed by atoms with Crippen LogP contribution in [-0.2, 0) is 9.53 Å². The molecule has 94 valence electrons. The third-order valence-electron chi connectivity index (χ3n) is 3.51. The summed E-state index contributed by atoms with van der Waals surface area (Å²) >= 11 is 0. The van der Waals surface area contributed by atoms with Crippen molar-refractivity contribution in [1.82, 2.24) is 0 Å². The molecule has 0 amide bonds. The molecule has 1 fully saturated rings. The Kier molecular flexibility index (Phi) is 4.71. The highest BCUT2D eigenvalue weighted by atomic mass is 19.1.